The Balaban J connectivity index is 2.00. The average molecular weight is 343 g/mol. The smallest absolute Gasteiger partial charge is 0.248 e. The highest BCUT2D eigenvalue weighted by atomic mass is 32.2. The molecule has 130 valence electrons. The molecule has 1 amide bonds. The molecule has 1 saturated carbocycles. The van der Waals surface area contributed by atoms with Gasteiger partial charge in [-0.15, -0.1) is 0 Å². The van der Waals surface area contributed by atoms with Crippen molar-refractivity contribution < 1.29 is 17.7 Å². The van der Waals surface area contributed by atoms with Gasteiger partial charge in [-0.05, 0) is 26.7 Å². The van der Waals surface area contributed by atoms with Gasteiger partial charge in [0, 0.05) is 13.1 Å². The molecule has 0 radical (unpaired) electrons. The van der Waals surface area contributed by atoms with Crippen LogP contribution in [0.2, 0.25) is 0 Å². The standard InChI is InChI=1S/C15H25N3O4S/c1-11-15(12(2)22-17-11)23(20,21)18(3)10-14(19)16-13-8-6-4-5-7-9-13/h13H,4-10H2,1-3H3,(H,16,19). The number of aryl methyl sites for hydroxylation is 2. The molecule has 0 saturated heterocycles. The minimum Gasteiger partial charge on any atom is -0.360 e. The largest absolute Gasteiger partial charge is 0.360 e. The number of carbonyl (C=O) groups excluding carboxylic acids is 1. The van der Waals surface area contributed by atoms with Gasteiger partial charge in [-0.2, -0.15) is 4.31 Å². The summed E-state index contributed by atoms with van der Waals surface area (Å²) < 4.78 is 31.1. The average Bonchev–Trinajstić information content (AvgIpc) is 2.67. The van der Waals surface area contributed by atoms with E-state index < -0.39 is 10.0 Å². The van der Waals surface area contributed by atoms with Gasteiger partial charge in [-0.3, -0.25) is 4.79 Å². The maximum atomic E-state index is 12.6. The van der Waals surface area contributed by atoms with Crippen LogP contribution in [0.15, 0.2) is 9.42 Å². The number of carbonyl (C=O) groups is 1. The summed E-state index contributed by atoms with van der Waals surface area (Å²) in [7, 11) is -2.39. The molecule has 23 heavy (non-hydrogen) atoms. The van der Waals surface area contributed by atoms with Crippen LogP contribution >= 0.6 is 0 Å². The van der Waals surface area contributed by atoms with Gasteiger partial charge in [0.05, 0.1) is 6.54 Å². The van der Waals surface area contributed by atoms with Gasteiger partial charge in [0.2, 0.25) is 15.9 Å². The van der Waals surface area contributed by atoms with E-state index in [1.807, 2.05) is 0 Å². The highest BCUT2D eigenvalue weighted by Crippen LogP contribution is 2.22. The minimum absolute atomic E-state index is 0.0438. The van der Waals surface area contributed by atoms with E-state index in [1.165, 1.54) is 19.9 Å². The fraction of sp³-hybridized carbons (Fsp3) is 0.733. The predicted octanol–water partition coefficient (Wildman–Crippen LogP) is 1.75. The Kier molecular flexibility index (Phi) is 5.80. The molecule has 8 heteroatoms. The van der Waals surface area contributed by atoms with E-state index in [2.05, 4.69) is 10.5 Å². The maximum Gasteiger partial charge on any atom is 0.248 e. The summed E-state index contributed by atoms with van der Waals surface area (Å²) in [6.45, 7) is 2.91. The number of rotatable bonds is 5. The third kappa shape index (κ3) is 4.32. The van der Waals surface area contributed by atoms with Gasteiger partial charge in [-0.1, -0.05) is 30.8 Å². The Morgan fingerprint density at radius 3 is 2.39 bits per heavy atom. The van der Waals surface area contributed by atoms with Crippen LogP contribution < -0.4 is 5.32 Å². The quantitative estimate of drug-likeness (QED) is 0.822. The molecule has 1 fully saturated rings. The first-order chi connectivity index (χ1) is 10.8. The zero-order chi connectivity index (χ0) is 17.0. The molecule has 1 N–H and O–H groups in total. The van der Waals surface area contributed by atoms with Crippen LogP contribution in [0.25, 0.3) is 0 Å². The summed E-state index contributed by atoms with van der Waals surface area (Å²) in [5.41, 5.74) is 0.304. The fourth-order valence-electron chi connectivity index (χ4n) is 2.98. The van der Waals surface area contributed by atoms with Crippen molar-refractivity contribution in [1.82, 2.24) is 14.8 Å². The second-order valence-corrected chi connectivity index (χ2v) is 8.15. The van der Waals surface area contributed by atoms with Crippen LogP contribution in [0.1, 0.15) is 50.0 Å². The molecule has 0 atom stereocenters. The van der Waals surface area contributed by atoms with Crippen molar-refractivity contribution in [2.24, 2.45) is 0 Å². The van der Waals surface area contributed by atoms with Crippen LogP contribution in [0.5, 0.6) is 0 Å². The Morgan fingerprint density at radius 1 is 1.26 bits per heavy atom. The third-order valence-electron chi connectivity index (χ3n) is 4.22. The van der Waals surface area contributed by atoms with Crippen molar-refractivity contribution in [3.8, 4) is 0 Å². The van der Waals surface area contributed by atoms with Gasteiger partial charge >= 0.3 is 0 Å². The molecule has 0 spiro atoms. The maximum absolute atomic E-state index is 12.6. The normalized spacial score (nSPS) is 17.2. The molecule has 1 aromatic heterocycles. The van der Waals surface area contributed by atoms with Crippen LogP contribution in [0.4, 0.5) is 0 Å². The van der Waals surface area contributed by atoms with Crippen LogP contribution in [-0.2, 0) is 14.8 Å². The number of hydrogen-bond donors (Lipinski definition) is 1. The zero-order valence-corrected chi connectivity index (χ0v) is 14.8. The van der Waals surface area contributed by atoms with Gasteiger partial charge in [0.15, 0.2) is 5.76 Å². The first kappa shape index (κ1) is 17.9. The van der Waals surface area contributed by atoms with E-state index >= 15 is 0 Å². The molecule has 0 unspecified atom stereocenters. The Bertz CT molecular complexity index is 626. The summed E-state index contributed by atoms with van der Waals surface area (Å²) >= 11 is 0. The predicted molar refractivity (Wildman–Crippen MR) is 85.4 cm³/mol. The SMILES string of the molecule is Cc1noc(C)c1S(=O)(=O)N(C)CC(=O)NC1CCCCCC1. The molecule has 2 rings (SSSR count). The van der Waals surface area contributed by atoms with E-state index in [0.29, 0.717) is 5.69 Å². The Hall–Kier alpha value is -1.41. The van der Waals surface area contributed by atoms with Gasteiger partial charge in [0.1, 0.15) is 10.6 Å². The van der Waals surface area contributed by atoms with Crippen LogP contribution in [-0.4, -0.2) is 43.4 Å². The van der Waals surface area contributed by atoms with Gasteiger partial charge in [-0.25, -0.2) is 8.42 Å². The van der Waals surface area contributed by atoms with E-state index in [1.54, 1.807) is 13.8 Å². The second-order valence-electron chi connectivity index (χ2n) is 6.17. The third-order valence-corrected chi connectivity index (χ3v) is 6.27. The Morgan fingerprint density at radius 2 is 1.87 bits per heavy atom. The number of nitrogens with one attached hydrogen (secondary N) is 1. The summed E-state index contributed by atoms with van der Waals surface area (Å²) in [6, 6.07) is 0.153. The lowest BCUT2D eigenvalue weighted by molar-refractivity contribution is -0.121. The number of hydrogen-bond acceptors (Lipinski definition) is 5. The number of aromatic nitrogens is 1. The number of sulfonamides is 1. The monoisotopic (exact) mass is 343 g/mol. The summed E-state index contributed by atoms with van der Waals surface area (Å²) in [5, 5.41) is 6.62. The number of likely N-dealkylation sites (N-methyl/N-ethyl adjacent to an activating group) is 1. The molecule has 1 aromatic rings. The number of amides is 1. The highest BCUT2D eigenvalue weighted by molar-refractivity contribution is 7.89. The molecule has 7 nitrogen and oxygen atoms in total. The molecule has 0 bridgehead atoms. The molecular formula is C15H25N3O4S. The van der Waals surface area contributed by atoms with Crippen molar-refractivity contribution in [1.29, 1.82) is 0 Å². The zero-order valence-electron chi connectivity index (χ0n) is 14.0. The summed E-state index contributed by atoms with van der Waals surface area (Å²) in [6.07, 6.45) is 6.55. The van der Waals surface area contributed by atoms with Crippen LogP contribution in [0, 0.1) is 13.8 Å². The van der Waals surface area contributed by atoms with Crippen molar-refractivity contribution in [2.75, 3.05) is 13.6 Å². The lowest BCUT2D eigenvalue weighted by atomic mass is 10.1. The molecule has 1 heterocycles. The topological polar surface area (TPSA) is 92.5 Å². The summed E-state index contributed by atoms with van der Waals surface area (Å²) in [5.74, 6) is -0.0340. The van der Waals surface area contributed by atoms with E-state index in [4.69, 9.17) is 4.52 Å². The van der Waals surface area contributed by atoms with Crippen molar-refractivity contribution in [3.63, 3.8) is 0 Å². The summed E-state index contributed by atoms with van der Waals surface area (Å²) in [4.78, 5) is 12.2. The molecule has 1 aliphatic rings. The van der Waals surface area contributed by atoms with Crippen molar-refractivity contribution in [3.05, 3.63) is 11.5 Å². The fourth-order valence-corrected chi connectivity index (χ4v) is 4.39. The number of nitrogens with zero attached hydrogens (tertiary/aromatic N) is 2. The highest BCUT2D eigenvalue weighted by Gasteiger charge is 2.30. The molecule has 0 aromatic carbocycles. The van der Waals surface area contributed by atoms with Crippen molar-refractivity contribution >= 4 is 15.9 Å². The lowest BCUT2D eigenvalue weighted by Crippen LogP contribution is -2.42. The van der Waals surface area contributed by atoms with Crippen molar-refractivity contribution in [2.45, 2.75) is 63.3 Å². The lowest BCUT2D eigenvalue weighted by Gasteiger charge is -2.20. The molecule has 1 aliphatic carbocycles. The molecule has 0 aliphatic heterocycles. The van der Waals surface area contributed by atoms with E-state index in [0.717, 1.165) is 30.0 Å². The Labute approximate surface area is 137 Å². The second kappa shape index (κ2) is 7.44. The van der Waals surface area contributed by atoms with Gasteiger partial charge < -0.3 is 9.84 Å². The first-order valence-electron chi connectivity index (χ1n) is 8.01. The van der Waals surface area contributed by atoms with Crippen LogP contribution in [0.3, 0.4) is 0 Å². The molecular weight excluding hydrogens is 318 g/mol. The minimum atomic E-state index is -3.78. The van der Waals surface area contributed by atoms with E-state index in [9.17, 15) is 13.2 Å². The first-order valence-corrected chi connectivity index (χ1v) is 9.45. The van der Waals surface area contributed by atoms with E-state index in [-0.39, 0.29) is 29.1 Å². The van der Waals surface area contributed by atoms with Gasteiger partial charge in [0.25, 0.3) is 0 Å².